The van der Waals surface area contributed by atoms with Crippen molar-refractivity contribution in [2.75, 3.05) is 7.11 Å². The van der Waals surface area contributed by atoms with Crippen molar-refractivity contribution < 1.29 is 14.3 Å². The van der Waals surface area contributed by atoms with E-state index in [-0.39, 0.29) is 11.4 Å². The second-order valence-corrected chi connectivity index (χ2v) is 2.00. The Kier molecular flexibility index (Phi) is 2.53. The van der Waals surface area contributed by atoms with Gasteiger partial charge in [-0.15, -0.1) is 0 Å². The lowest BCUT2D eigenvalue weighted by molar-refractivity contribution is 0.0594. The third kappa shape index (κ3) is 1.66. The molecule has 4 nitrogen and oxygen atoms in total. The van der Waals surface area contributed by atoms with Crippen LogP contribution in [-0.2, 0) is 9.53 Å². The maximum absolute atomic E-state index is 10.9. The van der Waals surface area contributed by atoms with Crippen LogP contribution >= 0.6 is 0 Å². The third-order valence-corrected chi connectivity index (χ3v) is 1.25. The molecule has 61 valence electrons. The number of esters is 1. The van der Waals surface area contributed by atoms with Crippen molar-refractivity contribution in [1.82, 2.24) is 4.98 Å². The fourth-order valence-electron chi connectivity index (χ4n) is 0.710. The lowest BCUT2D eigenvalue weighted by Gasteiger charge is -1.96. The molecular weight excluding hydrogens is 158 g/mol. The fourth-order valence-corrected chi connectivity index (χ4v) is 0.710. The summed E-state index contributed by atoms with van der Waals surface area (Å²) in [5.41, 5.74) is 0.205. The molecule has 0 unspecified atom stereocenters. The molecule has 0 fully saturated rings. The molecule has 1 radical (unpaired) electrons. The first-order valence-electron chi connectivity index (χ1n) is 3.21. The van der Waals surface area contributed by atoms with Crippen LogP contribution in [0.15, 0.2) is 18.2 Å². The molecule has 0 N–H and O–H groups in total. The minimum absolute atomic E-state index is 0.0953. The van der Waals surface area contributed by atoms with E-state index in [0.29, 0.717) is 0 Å². The summed E-state index contributed by atoms with van der Waals surface area (Å²) in [7, 11) is 1.25. The molecule has 4 heteroatoms. The van der Waals surface area contributed by atoms with Gasteiger partial charge in [0.1, 0.15) is 11.4 Å². The molecule has 0 aliphatic rings. The Morgan fingerprint density at radius 3 is 2.92 bits per heavy atom. The number of nitrogens with zero attached hydrogens (tertiary/aromatic N) is 1. The quantitative estimate of drug-likeness (QED) is 0.591. The Morgan fingerprint density at radius 1 is 1.58 bits per heavy atom. The lowest BCUT2D eigenvalue weighted by atomic mass is 10.3. The van der Waals surface area contributed by atoms with Crippen LogP contribution in [0.1, 0.15) is 16.2 Å². The fraction of sp³-hybridized carbons (Fsp3) is 0.125. The van der Waals surface area contributed by atoms with E-state index in [2.05, 4.69) is 9.72 Å². The van der Waals surface area contributed by atoms with E-state index < -0.39 is 5.97 Å². The first-order valence-corrected chi connectivity index (χ1v) is 3.21. The summed E-state index contributed by atoms with van der Waals surface area (Å²) in [6.45, 7) is 0. The smallest absolute Gasteiger partial charge is 0.356 e. The topological polar surface area (TPSA) is 56.3 Å². The second-order valence-electron chi connectivity index (χ2n) is 2.00. The summed E-state index contributed by atoms with van der Waals surface area (Å²) in [5, 5.41) is 0. The lowest BCUT2D eigenvalue weighted by Crippen LogP contribution is -2.05. The van der Waals surface area contributed by atoms with Crippen molar-refractivity contribution in [3.8, 4) is 0 Å². The normalized spacial score (nSPS) is 9.08. The Balaban J connectivity index is 3.01. The van der Waals surface area contributed by atoms with Crippen LogP contribution in [0, 0.1) is 0 Å². The highest BCUT2D eigenvalue weighted by molar-refractivity contribution is 5.88. The average molecular weight is 164 g/mol. The predicted molar refractivity (Wildman–Crippen MR) is 40.4 cm³/mol. The number of ether oxygens (including phenoxy) is 1. The Labute approximate surface area is 69.2 Å². The highest BCUT2D eigenvalue weighted by atomic mass is 16.5. The van der Waals surface area contributed by atoms with Crippen LogP contribution in [0.3, 0.4) is 0 Å². The van der Waals surface area contributed by atoms with Crippen LogP contribution in [-0.4, -0.2) is 24.3 Å². The molecule has 1 heterocycles. The Morgan fingerprint density at radius 2 is 2.33 bits per heavy atom. The number of hydrogen-bond acceptors (Lipinski definition) is 4. The van der Waals surface area contributed by atoms with Crippen molar-refractivity contribution in [2.45, 2.75) is 0 Å². The Hall–Kier alpha value is -1.71. The Bertz CT molecular complexity index is 309. The molecule has 0 amide bonds. The van der Waals surface area contributed by atoms with E-state index in [9.17, 15) is 9.59 Å². The number of rotatable bonds is 2. The van der Waals surface area contributed by atoms with Gasteiger partial charge in [0.05, 0.1) is 7.11 Å². The average Bonchev–Trinajstić information content (AvgIpc) is 2.17. The summed E-state index contributed by atoms with van der Waals surface area (Å²) in [5.74, 6) is -0.563. The van der Waals surface area contributed by atoms with Gasteiger partial charge in [-0.1, -0.05) is 6.07 Å². The van der Waals surface area contributed by atoms with E-state index in [1.54, 1.807) is 12.4 Å². The number of carbonyl (C=O) groups is 1. The number of carbonyl (C=O) groups excluding carboxylic acids is 2. The van der Waals surface area contributed by atoms with Crippen LogP contribution in [0.25, 0.3) is 0 Å². The summed E-state index contributed by atoms with van der Waals surface area (Å²) in [6, 6.07) is 4.46. The number of hydrogen-bond donors (Lipinski definition) is 0. The van der Waals surface area contributed by atoms with Crippen molar-refractivity contribution in [3.63, 3.8) is 0 Å². The monoisotopic (exact) mass is 164 g/mol. The second kappa shape index (κ2) is 3.61. The largest absolute Gasteiger partial charge is 0.464 e. The standard InChI is InChI=1S/C8H6NO3/c1-12-8(11)7-4-2-3-6(5-10)9-7/h2-4H,1H3. The summed E-state index contributed by atoms with van der Waals surface area (Å²) >= 11 is 0. The number of pyridine rings is 1. The zero-order valence-corrected chi connectivity index (χ0v) is 6.40. The first-order chi connectivity index (χ1) is 5.77. The minimum atomic E-state index is -0.563. The molecule has 1 aromatic heterocycles. The van der Waals surface area contributed by atoms with E-state index in [0.717, 1.165) is 0 Å². The van der Waals surface area contributed by atoms with E-state index >= 15 is 0 Å². The third-order valence-electron chi connectivity index (χ3n) is 1.25. The van der Waals surface area contributed by atoms with Gasteiger partial charge in [-0.05, 0) is 12.1 Å². The molecular formula is C8H6NO3. The van der Waals surface area contributed by atoms with Crippen molar-refractivity contribution in [1.29, 1.82) is 0 Å². The van der Waals surface area contributed by atoms with Gasteiger partial charge in [-0.3, -0.25) is 4.79 Å². The zero-order valence-electron chi connectivity index (χ0n) is 6.40. The van der Waals surface area contributed by atoms with Crippen LogP contribution in [0.2, 0.25) is 0 Å². The van der Waals surface area contributed by atoms with Gasteiger partial charge in [0, 0.05) is 0 Å². The SMILES string of the molecule is COC(=O)c1cccc([C]=O)n1. The molecule has 0 bridgehead atoms. The van der Waals surface area contributed by atoms with Gasteiger partial charge in [0.15, 0.2) is 0 Å². The molecule has 0 spiro atoms. The predicted octanol–water partition coefficient (Wildman–Crippen LogP) is 0.326. The van der Waals surface area contributed by atoms with Crippen molar-refractivity contribution >= 4 is 12.3 Å². The summed E-state index contributed by atoms with van der Waals surface area (Å²) < 4.78 is 4.40. The molecule has 1 rings (SSSR count). The van der Waals surface area contributed by atoms with Gasteiger partial charge in [0.25, 0.3) is 6.29 Å². The van der Waals surface area contributed by atoms with Crippen LogP contribution in [0.5, 0.6) is 0 Å². The molecule has 0 atom stereocenters. The van der Waals surface area contributed by atoms with E-state index in [4.69, 9.17) is 0 Å². The van der Waals surface area contributed by atoms with Gasteiger partial charge in [0.2, 0.25) is 0 Å². The molecule has 0 saturated heterocycles. The molecule has 1 aromatic rings. The summed E-state index contributed by atoms with van der Waals surface area (Å²) in [4.78, 5) is 24.7. The minimum Gasteiger partial charge on any atom is -0.464 e. The first kappa shape index (κ1) is 8.39. The number of aromatic nitrogens is 1. The maximum Gasteiger partial charge on any atom is 0.356 e. The zero-order chi connectivity index (χ0) is 8.97. The van der Waals surface area contributed by atoms with Crippen LogP contribution in [0.4, 0.5) is 0 Å². The molecule has 0 aliphatic heterocycles. The maximum atomic E-state index is 10.9. The summed E-state index contributed by atoms with van der Waals surface area (Å²) in [6.07, 6.45) is 1.58. The van der Waals surface area contributed by atoms with Gasteiger partial charge < -0.3 is 4.74 Å². The molecule has 0 saturated carbocycles. The molecule has 12 heavy (non-hydrogen) atoms. The van der Waals surface area contributed by atoms with Crippen LogP contribution < -0.4 is 0 Å². The molecule has 0 aliphatic carbocycles. The van der Waals surface area contributed by atoms with Gasteiger partial charge in [-0.25, -0.2) is 9.78 Å². The van der Waals surface area contributed by atoms with Crippen molar-refractivity contribution in [3.05, 3.63) is 29.6 Å². The van der Waals surface area contributed by atoms with Gasteiger partial charge >= 0.3 is 5.97 Å². The van der Waals surface area contributed by atoms with Crippen molar-refractivity contribution in [2.24, 2.45) is 0 Å². The van der Waals surface area contributed by atoms with E-state index in [1.165, 1.54) is 19.2 Å². The van der Waals surface area contributed by atoms with Gasteiger partial charge in [-0.2, -0.15) is 0 Å². The highest BCUT2D eigenvalue weighted by Crippen LogP contribution is 1.98. The molecule has 0 aromatic carbocycles. The highest BCUT2D eigenvalue weighted by Gasteiger charge is 2.06. The number of methoxy groups -OCH3 is 1. The van der Waals surface area contributed by atoms with E-state index in [1.807, 2.05) is 0 Å².